The molecule has 3 aromatic rings. The van der Waals surface area contributed by atoms with Gasteiger partial charge in [-0.2, -0.15) is 0 Å². The molecule has 4 heteroatoms. The van der Waals surface area contributed by atoms with Gasteiger partial charge in [0.05, 0.1) is 5.52 Å². The maximum atomic E-state index is 13.1. The Morgan fingerprint density at radius 1 is 1.00 bits per heavy atom. The maximum absolute atomic E-state index is 13.1. The summed E-state index contributed by atoms with van der Waals surface area (Å²) in [6.07, 6.45) is 5.95. The third-order valence-electron chi connectivity index (χ3n) is 5.46. The summed E-state index contributed by atoms with van der Waals surface area (Å²) in [7, 11) is 0. The molecule has 1 aliphatic heterocycles. The van der Waals surface area contributed by atoms with Crippen molar-refractivity contribution in [1.29, 1.82) is 0 Å². The number of benzene rings is 2. The quantitative estimate of drug-likeness (QED) is 0.648. The average molecular weight is 372 g/mol. The number of carbonyl (C=O) groups excluding carboxylic acids is 1. The van der Waals surface area contributed by atoms with Gasteiger partial charge in [-0.3, -0.25) is 9.59 Å². The summed E-state index contributed by atoms with van der Waals surface area (Å²) in [5.41, 5.74) is 3.33. The second-order valence-corrected chi connectivity index (χ2v) is 7.55. The van der Waals surface area contributed by atoms with Gasteiger partial charge in [0.1, 0.15) is 6.54 Å². The van der Waals surface area contributed by atoms with Crippen LogP contribution in [0.25, 0.3) is 22.0 Å². The number of pyridine rings is 1. The molecule has 0 bridgehead atoms. The normalized spacial score (nSPS) is 18.8. The Labute approximate surface area is 164 Å². The fourth-order valence-electron chi connectivity index (χ4n) is 4.01. The summed E-state index contributed by atoms with van der Waals surface area (Å²) in [4.78, 5) is 28.1. The highest BCUT2D eigenvalue weighted by Gasteiger charge is 2.27. The number of nitrogens with zero attached hydrogens (tertiary/aromatic N) is 2. The second kappa shape index (κ2) is 7.12. The molecule has 4 rings (SSSR count). The SMILES string of the molecule is Cc1ccc2c(=O)c(-c3ccccc3)cn(CC(=O)N3C(C)C=CC3C)c2c1. The Bertz CT molecular complexity index is 1120. The molecule has 4 nitrogen and oxygen atoms in total. The topological polar surface area (TPSA) is 42.3 Å². The summed E-state index contributed by atoms with van der Waals surface area (Å²) < 4.78 is 1.92. The lowest BCUT2D eigenvalue weighted by Crippen LogP contribution is -2.41. The van der Waals surface area contributed by atoms with Crippen molar-refractivity contribution in [2.24, 2.45) is 0 Å². The van der Waals surface area contributed by atoms with Gasteiger partial charge in [-0.05, 0) is 44.0 Å². The fourth-order valence-corrected chi connectivity index (χ4v) is 4.01. The van der Waals surface area contributed by atoms with Gasteiger partial charge >= 0.3 is 0 Å². The summed E-state index contributed by atoms with van der Waals surface area (Å²) in [6, 6.07) is 15.6. The number of fused-ring (bicyclic) bond motifs is 1. The van der Waals surface area contributed by atoms with Gasteiger partial charge in [-0.1, -0.05) is 48.6 Å². The van der Waals surface area contributed by atoms with Crippen LogP contribution in [-0.4, -0.2) is 27.5 Å². The van der Waals surface area contributed by atoms with E-state index in [2.05, 4.69) is 12.2 Å². The highest BCUT2D eigenvalue weighted by atomic mass is 16.2. The molecule has 1 amide bonds. The van der Waals surface area contributed by atoms with Gasteiger partial charge in [0.15, 0.2) is 5.43 Å². The van der Waals surface area contributed by atoms with E-state index in [4.69, 9.17) is 0 Å². The summed E-state index contributed by atoms with van der Waals surface area (Å²) >= 11 is 0. The van der Waals surface area contributed by atoms with Crippen LogP contribution in [0.1, 0.15) is 19.4 Å². The Hall–Kier alpha value is -3.14. The largest absolute Gasteiger partial charge is 0.337 e. The molecule has 0 saturated carbocycles. The van der Waals surface area contributed by atoms with E-state index < -0.39 is 0 Å². The number of amides is 1. The van der Waals surface area contributed by atoms with Crippen LogP contribution in [0.2, 0.25) is 0 Å². The van der Waals surface area contributed by atoms with Crippen molar-refractivity contribution in [3.05, 3.63) is 82.7 Å². The molecule has 0 fully saturated rings. The number of rotatable bonds is 3. The summed E-state index contributed by atoms with van der Waals surface area (Å²) in [5.74, 6) is 0.0514. The highest BCUT2D eigenvalue weighted by molar-refractivity contribution is 5.87. The van der Waals surface area contributed by atoms with E-state index in [1.54, 1.807) is 0 Å². The number of carbonyl (C=O) groups is 1. The molecule has 1 aromatic heterocycles. The number of aromatic nitrogens is 1. The Balaban J connectivity index is 1.85. The molecule has 1 aliphatic rings. The minimum atomic E-state index is -0.00512. The molecule has 2 aromatic carbocycles. The molecule has 142 valence electrons. The van der Waals surface area contributed by atoms with Gasteiger partial charge in [0.2, 0.25) is 5.91 Å². The summed E-state index contributed by atoms with van der Waals surface area (Å²) in [5, 5.41) is 0.639. The Morgan fingerprint density at radius 3 is 2.36 bits per heavy atom. The van der Waals surface area contributed by atoms with Crippen LogP contribution in [-0.2, 0) is 11.3 Å². The van der Waals surface area contributed by atoms with Crippen molar-refractivity contribution >= 4 is 16.8 Å². The van der Waals surface area contributed by atoms with Gasteiger partial charge in [0, 0.05) is 29.2 Å². The van der Waals surface area contributed by atoms with Crippen molar-refractivity contribution in [2.75, 3.05) is 0 Å². The van der Waals surface area contributed by atoms with E-state index in [1.165, 1.54) is 0 Å². The first-order chi connectivity index (χ1) is 13.5. The van der Waals surface area contributed by atoms with Gasteiger partial charge < -0.3 is 9.47 Å². The molecule has 2 heterocycles. The van der Waals surface area contributed by atoms with Crippen LogP contribution in [0, 0.1) is 6.92 Å². The molecule has 0 saturated heterocycles. The van der Waals surface area contributed by atoms with Crippen LogP contribution in [0.4, 0.5) is 0 Å². The molecule has 2 unspecified atom stereocenters. The van der Waals surface area contributed by atoms with E-state index in [0.29, 0.717) is 10.9 Å². The predicted molar refractivity (Wildman–Crippen MR) is 113 cm³/mol. The predicted octanol–water partition coefficient (Wildman–Crippen LogP) is 4.15. The van der Waals surface area contributed by atoms with Crippen LogP contribution in [0.3, 0.4) is 0 Å². The van der Waals surface area contributed by atoms with Crippen LogP contribution < -0.4 is 5.43 Å². The number of aryl methyl sites for hydroxylation is 1. The third kappa shape index (κ3) is 3.15. The molecule has 0 aliphatic carbocycles. The zero-order valence-corrected chi connectivity index (χ0v) is 16.4. The lowest BCUT2D eigenvalue weighted by Gasteiger charge is -2.27. The van der Waals surface area contributed by atoms with E-state index in [1.807, 2.05) is 85.0 Å². The van der Waals surface area contributed by atoms with Crippen molar-refractivity contribution in [1.82, 2.24) is 9.47 Å². The van der Waals surface area contributed by atoms with Crippen molar-refractivity contribution < 1.29 is 4.79 Å². The van der Waals surface area contributed by atoms with Gasteiger partial charge in [-0.25, -0.2) is 0 Å². The molecule has 2 atom stereocenters. The minimum Gasteiger partial charge on any atom is -0.337 e. The molecule has 0 N–H and O–H groups in total. The first-order valence-corrected chi connectivity index (χ1v) is 9.64. The average Bonchev–Trinajstić information content (AvgIpc) is 3.03. The van der Waals surface area contributed by atoms with Crippen LogP contribution in [0.15, 0.2) is 71.7 Å². The standard InChI is InChI=1S/C24H24N2O2/c1-16-9-12-20-22(13-16)25(15-23(27)26-17(2)10-11-18(26)3)14-21(24(20)28)19-7-5-4-6-8-19/h4-14,17-18H,15H2,1-3H3. The first kappa shape index (κ1) is 18.2. The smallest absolute Gasteiger partial charge is 0.243 e. The fraction of sp³-hybridized carbons (Fsp3) is 0.250. The van der Waals surface area contributed by atoms with E-state index >= 15 is 0 Å². The van der Waals surface area contributed by atoms with Crippen LogP contribution in [0.5, 0.6) is 0 Å². The minimum absolute atomic E-state index is 0.00512. The maximum Gasteiger partial charge on any atom is 0.243 e. The monoisotopic (exact) mass is 372 g/mol. The zero-order chi connectivity index (χ0) is 19.8. The van der Waals surface area contributed by atoms with Crippen LogP contribution >= 0.6 is 0 Å². The molecular weight excluding hydrogens is 348 g/mol. The zero-order valence-electron chi connectivity index (χ0n) is 16.4. The van der Waals surface area contributed by atoms with E-state index in [9.17, 15) is 9.59 Å². The summed E-state index contributed by atoms with van der Waals surface area (Å²) in [6.45, 7) is 6.26. The lowest BCUT2D eigenvalue weighted by atomic mass is 10.0. The third-order valence-corrected chi connectivity index (χ3v) is 5.46. The Kier molecular flexibility index (Phi) is 4.63. The Morgan fingerprint density at radius 2 is 1.68 bits per heavy atom. The van der Waals surface area contributed by atoms with Gasteiger partial charge in [0.25, 0.3) is 0 Å². The lowest BCUT2D eigenvalue weighted by molar-refractivity contribution is -0.133. The van der Waals surface area contributed by atoms with E-state index in [-0.39, 0.29) is 30.0 Å². The molecular formula is C24H24N2O2. The molecule has 0 spiro atoms. The van der Waals surface area contributed by atoms with Crippen molar-refractivity contribution in [3.8, 4) is 11.1 Å². The second-order valence-electron chi connectivity index (χ2n) is 7.55. The van der Waals surface area contributed by atoms with Crippen molar-refractivity contribution in [2.45, 2.75) is 39.4 Å². The molecule has 0 radical (unpaired) electrons. The van der Waals surface area contributed by atoms with Gasteiger partial charge in [-0.15, -0.1) is 0 Å². The number of hydrogen-bond donors (Lipinski definition) is 0. The highest BCUT2D eigenvalue weighted by Crippen LogP contribution is 2.22. The van der Waals surface area contributed by atoms with Crippen molar-refractivity contribution in [3.63, 3.8) is 0 Å². The molecule has 28 heavy (non-hydrogen) atoms. The van der Waals surface area contributed by atoms with E-state index in [0.717, 1.165) is 16.6 Å². The number of hydrogen-bond acceptors (Lipinski definition) is 2. The first-order valence-electron chi connectivity index (χ1n) is 9.64.